The molecule has 47 heavy (non-hydrogen) atoms. The Morgan fingerprint density at radius 3 is 1.74 bits per heavy atom. The van der Waals surface area contributed by atoms with Gasteiger partial charge in [0.25, 0.3) is 0 Å². The van der Waals surface area contributed by atoms with Crippen LogP contribution < -0.4 is 5.32 Å². The molecule has 0 radical (unpaired) electrons. The predicted octanol–water partition coefficient (Wildman–Crippen LogP) is -8.58. The van der Waals surface area contributed by atoms with E-state index in [1.165, 1.54) is 0 Å². The normalized spacial score (nSPS) is 49.4. The molecule has 4 rings (SSSR count). The Kier molecular flexibility index (Phi) is 13.6. The zero-order chi connectivity index (χ0) is 34.7. The van der Waals surface area contributed by atoms with Crippen LogP contribution >= 0.6 is 0 Å². The third kappa shape index (κ3) is 8.54. The Morgan fingerprint density at radius 2 is 1.17 bits per heavy atom. The Balaban J connectivity index is 1.50. The van der Waals surface area contributed by atoms with Crippen molar-refractivity contribution < 1.29 is 99.2 Å². The summed E-state index contributed by atoms with van der Waals surface area (Å²) in [6, 6.07) is -1.47. The molecule has 4 aliphatic heterocycles. The summed E-state index contributed by atoms with van der Waals surface area (Å²) in [6.07, 6.45) is -29.4. The molecule has 19 atom stereocenters. The highest BCUT2D eigenvalue weighted by atomic mass is 16.8. The van der Waals surface area contributed by atoms with Crippen LogP contribution in [0.4, 0.5) is 0 Å². The average molecular weight is 692 g/mol. The number of aliphatic hydroxyl groups is 12. The third-order valence-corrected chi connectivity index (χ3v) is 8.47. The van der Waals surface area contributed by atoms with Crippen molar-refractivity contribution >= 4 is 5.91 Å². The van der Waals surface area contributed by atoms with E-state index >= 15 is 0 Å². The van der Waals surface area contributed by atoms with E-state index in [1.807, 2.05) is 0 Å². The fourth-order valence-electron chi connectivity index (χ4n) is 5.79. The van der Waals surface area contributed by atoms with Gasteiger partial charge in [-0.25, -0.2) is 0 Å². The summed E-state index contributed by atoms with van der Waals surface area (Å²) in [5.41, 5.74) is 0. The molecule has 0 spiro atoms. The average Bonchev–Trinajstić information content (AvgIpc) is 3.04. The summed E-state index contributed by atoms with van der Waals surface area (Å²) in [4.78, 5) is 11.8. The first kappa shape index (κ1) is 38.5. The minimum Gasteiger partial charge on any atom is -0.394 e. The standard InChI is InChI=1S/C26H45NO20/c1-7(31)27-13-18(36)14(32)10(3-28)44-24(13)47-22-20(38)16(34)12(5-30)46-26(22)43-9-2-8(42-23(40)17(9)35)6-41-25-21(39)19(37)15(33)11(4-29)45-25/h8-26,28-30,32-40H,2-6H2,1H3,(H,27,31)/t8-,9-,10+,11+,12+,13+,14+,15+,16+,17-,18+,19-,20-,21-,22-,23+,24-,25-,26-/m0/s1. The second-order valence-electron chi connectivity index (χ2n) is 11.8. The second kappa shape index (κ2) is 16.6. The molecule has 4 saturated heterocycles. The van der Waals surface area contributed by atoms with Gasteiger partial charge < -0.3 is 99.8 Å². The third-order valence-electron chi connectivity index (χ3n) is 8.47. The summed E-state index contributed by atoms with van der Waals surface area (Å²) < 4.78 is 39.0. The number of hydrogen-bond donors (Lipinski definition) is 13. The van der Waals surface area contributed by atoms with Gasteiger partial charge in [0, 0.05) is 13.3 Å². The number of ether oxygens (including phenoxy) is 7. The fraction of sp³-hybridized carbons (Fsp3) is 0.962. The van der Waals surface area contributed by atoms with Crippen LogP contribution in [0.1, 0.15) is 13.3 Å². The van der Waals surface area contributed by atoms with Crippen molar-refractivity contribution in [2.45, 2.75) is 130 Å². The molecule has 0 bridgehead atoms. The smallest absolute Gasteiger partial charge is 0.217 e. The molecule has 0 aliphatic carbocycles. The van der Waals surface area contributed by atoms with Crippen LogP contribution in [0.25, 0.3) is 0 Å². The molecule has 21 heteroatoms. The van der Waals surface area contributed by atoms with Crippen molar-refractivity contribution in [2.24, 2.45) is 0 Å². The lowest BCUT2D eigenvalue weighted by atomic mass is 9.95. The van der Waals surface area contributed by atoms with Gasteiger partial charge in [-0.3, -0.25) is 4.79 Å². The molecule has 274 valence electrons. The number of amides is 1. The Morgan fingerprint density at radius 1 is 0.638 bits per heavy atom. The highest BCUT2D eigenvalue weighted by molar-refractivity contribution is 5.73. The largest absolute Gasteiger partial charge is 0.394 e. The molecule has 0 aromatic carbocycles. The maximum absolute atomic E-state index is 11.8. The first-order valence-electron chi connectivity index (χ1n) is 15.0. The van der Waals surface area contributed by atoms with Crippen molar-refractivity contribution in [1.29, 1.82) is 0 Å². The van der Waals surface area contributed by atoms with Gasteiger partial charge >= 0.3 is 0 Å². The molecule has 4 fully saturated rings. The van der Waals surface area contributed by atoms with Gasteiger partial charge in [0.05, 0.1) is 38.6 Å². The molecule has 0 aromatic heterocycles. The van der Waals surface area contributed by atoms with Crippen LogP contribution in [0.3, 0.4) is 0 Å². The quantitative estimate of drug-likeness (QED) is 0.0956. The van der Waals surface area contributed by atoms with E-state index in [-0.39, 0.29) is 6.42 Å². The SMILES string of the molecule is CC(=O)N[C@H]1[C@H](O[C@@H]2[C@@H](O[C@H]3C[C@@H](CO[C@H]4O[C@H](CO)[C@@H](O)[C@H](O)[C@@H]4O)O[C@@H](O)[C@H]3O)O[C@H](CO)[C@@H](O)[C@@H]2O)O[C@H](CO)[C@@H](O)[C@@H]1O. The van der Waals surface area contributed by atoms with Gasteiger partial charge in [-0.15, -0.1) is 0 Å². The van der Waals surface area contributed by atoms with Crippen molar-refractivity contribution in [3.05, 3.63) is 0 Å². The van der Waals surface area contributed by atoms with Crippen LogP contribution in [-0.2, 0) is 38.0 Å². The zero-order valence-electron chi connectivity index (χ0n) is 25.1. The molecule has 0 aromatic rings. The number of nitrogens with one attached hydrogen (secondary N) is 1. The first-order chi connectivity index (χ1) is 22.2. The minimum absolute atomic E-state index is 0.267. The summed E-state index contributed by atoms with van der Waals surface area (Å²) in [6.45, 7) is -1.66. The molecular formula is C26H45NO20. The van der Waals surface area contributed by atoms with Crippen molar-refractivity contribution in [3.63, 3.8) is 0 Å². The topological polar surface area (TPSA) is 336 Å². The van der Waals surface area contributed by atoms with Crippen LogP contribution in [0.15, 0.2) is 0 Å². The highest BCUT2D eigenvalue weighted by Crippen LogP contribution is 2.33. The number of hydrogen-bond acceptors (Lipinski definition) is 20. The summed E-state index contributed by atoms with van der Waals surface area (Å²) >= 11 is 0. The lowest BCUT2D eigenvalue weighted by Crippen LogP contribution is -2.68. The molecule has 4 aliphatic rings. The van der Waals surface area contributed by atoms with Gasteiger partial charge in [-0.05, 0) is 0 Å². The van der Waals surface area contributed by atoms with E-state index in [9.17, 15) is 66.1 Å². The molecule has 4 heterocycles. The van der Waals surface area contributed by atoms with Crippen molar-refractivity contribution in [2.75, 3.05) is 26.4 Å². The van der Waals surface area contributed by atoms with Crippen LogP contribution in [-0.4, -0.2) is 210 Å². The molecule has 0 unspecified atom stereocenters. The molecule has 0 saturated carbocycles. The summed E-state index contributed by atoms with van der Waals surface area (Å²) in [7, 11) is 0. The van der Waals surface area contributed by atoms with Crippen LogP contribution in [0.5, 0.6) is 0 Å². The summed E-state index contributed by atoms with van der Waals surface area (Å²) in [5.74, 6) is -0.675. The predicted molar refractivity (Wildman–Crippen MR) is 144 cm³/mol. The van der Waals surface area contributed by atoms with Gasteiger partial charge in [0.15, 0.2) is 25.2 Å². The van der Waals surface area contributed by atoms with E-state index in [0.29, 0.717) is 0 Å². The lowest BCUT2D eigenvalue weighted by Gasteiger charge is -2.48. The van der Waals surface area contributed by atoms with Gasteiger partial charge in [-0.1, -0.05) is 0 Å². The highest BCUT2D eigenvalue weighted by Gasteiger charge is 2.53. The number of carbonyl (C=O) groups excluding carboxylic acids is 1. The van der Waals surface area contributed by atoms with Gasteiger partial charge in [0.2, 0.25) is 5.91 Å². The Bertz CT molecular complexity index is 996. The van der Waals surface area contributed by atoms with Gasteiger partial charge in [0.1, 0.15) is 79.3 Å². The summed E-state index contributed by atoms with van der Waals surface area (Å²) in [5, 5.41) is 125. The number of carbonyl (C=O) groups is 1. The number of rotatable bonds is 11. The Labute approximate surface area is 267 Å². The Hall–Kier alpha value is -1.29. The van der Waals surface area contributed by atoms with Crippen molar-refractivity contribution in [1.82, 2.24) is 5.32 Å². The van der Waals surface area contributed by atoms with Crippen LogP contribution in [0.2, 0.25) is 0 Å². The fourth-order valence-corrected chi connectivity index (χ4v) is 5.79. The molecule has 1 amide bonds. The van der Waals surface area contributed by atoms with Crippen LogP contribution in [0, 0.1) is 0 Å². The van der Waals surface area contributed by atoms with E-state index in [1.54, 1.807) is 0 Å². The molecular weight excluding hydrogens is 646 g/mol. The molecule has 13 N–H and O–H groups in total. The van der Waals surface area contributed by atoms with E-state index < -0.39 is 149 Å². The first-order valence-corrected chi connectivity index (χ1v) is 15.0. The monoisotopic (exact) mass is 691 g/mol. The minimum atomic E-state index is -1.89. The molecule has 21 nitrogen and oxygen atoms in total. The zero-order valence-corrected chi connectivity index (χ0v) is 25.1. The van der Waals surface area contributed by atoms with Gasteiger partial charge in [-0.2, -0.15) is 0 Å². The van der Waals surface area contributed by atoms with E-state index in [4.69, 9.17) is 33.2 Å². The maximum atomic E-state index is 11.8. The van der Waals surface area contributed by atoms with E-state index in [2.05, 4.69) is 5.32 Å². The maximum Gasteiger partial charge on any atom is 0.217 e. The van der Waals surface area contributed by atoms with E-state index in [0.717, 1.165) is 6.92 Å². The second-order valence-corrected chi connectivity index (χ2v) is 11.8. The lowest BCUT2D eigenvalue weighted by molar-refractivity contribution is -0.373. The van der Waals surface area contributed by atoms with Crippen molar-refractivity contribution in [3.8, 4) is 0 Å². The number of aliphatic hydroxyl groups excluding tert-OH is 12.